The van der Waals surface area contributed by atoms with Gasteiger partial charge in [0.05, 0.1) is 55.2 Å². The van der Waals surface area contributed by atoms with Crippen molar-refractivity contribution in [3.63, 3.8) is 0 Å². The maximum Gasteiger partial charge on any atom is 0.136 e. The Balaban J connectivity index is 0.000000107. The van der Waals surface area contributed by atoms with Crippen LogP contribution in [-0.4, -0.2) is 22.8 Å². The molecular formula is C135H91N5O. The summed E-state index contributed by atoms with van der Waals surface area (Å²) in [7, 11) is 0. The van der Waals surface area contributed by atoms with Crippen LogP contribution in [0.3, 0.4) is 0 Å². The van der Waals surface area contributed by atoms with E-state index in [1.54, 1.807) is 0 Å². The number of aromatic nitrogens is 5. The van der Waals surface area contributed by atoms with Crippen LogP contribution in [0.15, 0.2) is 520 Å². The van der Waals surface area contributed by atoms with Crippen LogP contribution in [0, 0.1) is 0 Å². The molecule has 6 aromatic heterocycles. The van der Waals surface area contributed by atoms with Crippen LogP contribution >= 0.6 is 0 Å². The maximum atomic E-state index is 6.39. The number of fused-ring (bicyclic) bond motifs is 21. The van der Waals surface area contributed by atoms with Crippen molar-refractivity contribution < 1.29 is 4.42 Å². The Bertz CT molecular complexity index is 9600. The van der Waals surface area contributed by atoms with Crippen molar-refractivity contribution >= 4 is 131 Å². The fourth-order valence-corrected chi connectivity index (χ4v) is 22.8. The minimum Gasteiger partial charge on any atom is -0.456 e. The maximum absolute atomic E-state index is 6.39. The molecule has 0 N–H and O–H groups in total. The van der Waals surface area contributed by atoms with E-state index in [-0.39, 0.29) is 5.41 Å². The Hall–Kier alpha value is -18.4. The minimum absolute atomic E-state index is 0.0789. The van der Waals surface area contributed by atoms with Crippen molar-refractivity contribution in [1.82, 2.24) is 22.8 Å². The van der Waals surface area contributed by atoms with Crippen molar-refractivity contribution in [2.75, 3.05) is 0 Å². The second-order valence-corrected chi connectivity index (χ2v) is 37.8. The van der Waals surface area contributed by atoms with Gasteiger partial charge in [-0.15, -0.1) is 0 Å². The van der Waals surface area contributed by atoms with Crippen molar-refractivity contribution in [2.24, 2.45) is 0 Å². The van der Waals surface area contributed by atoms with Gasteiger partial charge in [0.15, 0.2) is 0 Å². The number of hydrogen-bond donors (Lipinski definition) is 0. The third-order valence-electron chi connectivity index (χ3n) is 29.4. The molecule has 28 aromatic rings. The molecule has 22 aromatic carbocycles. The predicted octanol–water partition coefficient (Wildman–Crippen LogP) is 36.4. The number of rotatable bonds is 12. The first-order valence-electron chi connectivity index (χ1n) is 48.7. The summed E-state index contributed by atoms with van der Waals surface area (Å²) in [4.78, 5) is 0. The number of furan rings is 1. The van der Waals surface area contributed by atoms with Gasteiger partial charge < -0.3 is 27.3 Å². The molecule has 0 aliphatic heterocycles. The van der Waals surface area contributed by atoms with E-state index in [0.717, 1.165) is 38.9 Å². The summed E-state index contributed by atoms with van der Waals surface area (Å²) in [6.45, 7) is 4.71. The Kier molecular flexibility index (Phi) is 19.6. The van der Waals surface area contributed by atoms with Crippen molar-refractivity contribution in [3.8, 4) is 117 Å². The summed E-state index contributed by atoms with van der Waals surface area (Å²) in [6.07, 6.45) is 0. The normalized spacial score (nSPS) is 12.2. The van der Waals surface area contributed by atoms with Crippen molar-refractivity contribution in [2.45, 2.75) is 19.3 Å². The number of benzene rings is 22. The number of para-hydroxylation sites is 10. The molecule has 0 bridgehead atoms. The molecule has 1 aliphatic rings. The molecule has 141 heavy (non-hydrogen) atoms. The summed E-state index contributed by atoms with van der Waals surface area (Å²) in [5, 5.41) is 14.9. The molecule has 29 rings (SSSR count). The van der Waals surface area contributed by atoms with Gasteiger partial charge in [-0.1, -0.05) is 360 Å². The van der Waals surface area contributed by atoms with Crippen LogP contribution in [0.1, 0.15) is 25.0 Å². The fourth-order valence-electron chi connectivity index (χ4n) is 22.8. The first-order chi connectivity index (χ1) is 69.7. The molecule has 0 amide bonds. The smallest absolute Gasteiger partial charge is 0.136 e. The van der Waals surface area contributed by atoms with Crippen LogP contribution in [0.25, 0.3) is 248 Å². The average Bonchev–Trinajstić information content (AvgIpc) is 1.57. The molecule has 6 heterocycles. The summed E-state index contributed by atoms with van der Waals surface area (Å²) < 4.78 is 18.4. The summed E-state index contributed by atoms with van der Waals surface area (Å²) in [5.41, 5.74) is 41.9. The van der Waals surface area contributed by atoms with E-state index in [1.807, 2.05) is 12.1 Å². The molecular weight excluding hydrogens is 1710 g/mol. The Morgan fingerprint density at radius 3 is 0.943 bits per heavy atom. The lowest BCUT2D eigenvalue weighted by Crippen LogP contribution is -2.14. The zero-order chi connectivity index (χ0) is 93.3. The van der Waals surface area contributed by atoms with E-state index >= 15 is 0 Å². The van der Waals surface area contributed by atoms with Crippen LogP contribution in [0.4, 0.5) is 0 Å². The van der Waals surface area contributed by atoms with Gasteiger partial charge in [0, 0.05) is 104 Å². The SMILES string of the molecule is CC1(C)c2ccccc2-c2ccc(-c3cc(-c4ccccc4)cc(-n4c5ccccc5c5cccc(-c6ccc7c(c6)oc6ccccc67)c54)c3)cc21.c1ccc(-c2cc(-c3ccccc3)cc(-n3c4ccccc4c4cc(-c5ccc6c7ccccc7n(-c7ccccc7)c6c5)ccc43)c2)cc1.c1ccc(-n2c3ccccc3c3cc(-c4ccc5c(c4)c4ccccc4n5-c4ccccc4)ccc32)cc1. The molecule has 0 spiro atoms. The van der Waals surface area contributed by atoms with E-state index in [9.17, 15) is 0 Å². The molecule has 662 valence electrons. The summed E-state index contributed by atoms with van der Waals surface area (Å²) >= 11 is 0. The van der Waals surface area contributed by atoms with Gasteiger partial charge in [-0.25, -0.2) is 0 Å². The van der Waals surface area contributed by atoms with Crippen LogP contribution < -0.4 is 0 Å². The largest absolute Gasteiger partial charge is 0.456 e. The second-order valence-electron chi connectivity index (χ2n) is 37.8. The van der Waals surface area contributed by atoms with E-state index in [4.69, 9.17) is 4.42 Å². The van der Waals surface area contributed by atoms with E-state index in [0.29, 0.717) is 0 Å². The summed E-state index contributed by atoms with van der Waals surface area (Å²) in [5.74, 6) is 0. The molecule has 0 saturated carbocycles. The molecule has 0 fully saturated rings. The van der Waals surface area contributed by atoms with Crippen molar-refractivity contribution in [1.29, 1.82) is 0 Å². The third kappa shape index (κ3) is 13.8. The number of hydrogen-bond acceptors (Lipinski definition) is 1. The Labute approximate surface area is 815 Å². The van der Waals surface area contributed by atoms with Gasteiger partial charge in [-0.05, 0) is 264 Å². The van der Waals surface area contributed by atoms with Gasteiger partial charge in [-0.3, -0.25) is 0 Å². The lowest BCUT2D eigenvalue weighted by molar-refractivity contribution is 0.660. The first kappa shape index (κ1) is 82.1. The molecule has 0 atom stereocenters. The lowest BCUT2D eigenvalue weighted by atomic mass is 9.81. The predicted molar refractivity (Wildman–Crippen MR) is 594 cm³/mol. The van der Waals surface area contributed by atoms with Crippen molar-refractivity contribution in [3.05, 3.63) is 527 Å². The average molecular weight is 1800 g/mol. The number of nitrogens with zero attached hydrogens (tertiary/aromatic N) is 5. The zero-order valence-corrected chi connectivity index (χ0v) is 77.7. The highest BCUT2D eigenvalue weighted by atomic mass is 16.3. The molecule has 0 unspecified atom stereocenters. The van der Waals surface area contributed by atoms with Gasteiger partial charge in [0.1, 0.15) is 11.2 Å². The molecule has 6 heteroatoms. The van der Waals surface area contributed by atoms with E-state index in [1.165, 1.54) is 221 Å². The highest BCUT2D eigenvalue weighted by Gasteiger charge is 2.36. The summed E-state index contributed by atoms with van der Waals surface area (Å²) in [6, 6.07) is 187. The van der Waals surface area contributed by atoms with Crippen LogP contribution in [0.2, 0.25) is 0 Å². The topological polar surface area (TPSA) is 37.8 Å². The third-order valence-corrected chi connectivity index (χ3v) is 29.4. The van der Waals surface area contributed by atoms with Gasteiger partial charge in [0.25, 0.3) is 0 Å². The quantitative estimate of drug-likeness (QED) is 0.120. The first-order valence-corrected chi connectivity index (χ1v) is 48.7. The zero-order valence-electron chi connectivity index (χ0n) is 77.7. The highest BCUT2D eigenvalue weighted by molar-refractivity contribution is 6.18. The highest BCUT2D eigenvalue weighted by Crippen LogP contribution is 2.52. The van der Waals surface area contributed by atoms with Gasteiger partial charge in [-0.2, -0.15) is 0 Å². The van der Waals surface area contributed by atoms with E-state index in [2.05, 4.69) is 540 Å². The van der Waals surface area contributed by atoms with E-state index < -0.39 is 0 Å². The van der Waals surface area contributed by atoms with Crippen LogP contribution in [0.5, 0.6) is 0 Å². The molecule has 6 nitrogen and oxygen atoms in total. The second kappa shape index (κ2) is 33.6. The van der Waals surface area contributed by atoms with Crippen LogP contribution in [-0.2, 0) is 5.41 Å². The minimum atomic E-state index is -0.0789. The fraction of sp³-hybridized carbons (Fsp3) is 0.0222. The molecule has 0 saturated heterocycles. The standard InChI is InChI=1S/C51H35NO.C48H32N2.C36H24N2/c1-51(2)45-20-9-6-15-39(45)40-25-23-33(30-46(40)51)36-27-35(32-13-4-3-5-14-32)28-37(29-36)52-47-21-10-7-16-41(47)44-19-12-18-38(50(44)52)34-24-26-43-42-17-8-11-22-48(42)53-49(43)31-34;1-4-14-33(15-5-1)37-28-38(34-16-6-2-7-17-34)30-40(29-37)50-46-23-13-11-21-42(46)44-31-35(25-27-47(44)50)36-24-26-43-41-20-10-12-22-45(41)49(48(43)32-36)39-18-8-3-9-19-39;1-3-11-27(12-4-1)37-33-17-9-7-15-29(33)31-23-25(19-21-35(31)37)26-20-22-36-32(24-26)30-16-8-10-18-34(30)38(36)28-13-5-2-6-14-28/h3-31H,1-2H3;1-32H;1-24H. The molecule has 1 aliphatic carbocycles. The lowest BCUT2D eigenvalue weighted by Gasteiger charge is -2.22. The molecule has 0 radical (unpaired) electrons. The Morgan fingerprint density at radius 1 is 0.149 bits per heavy atom. The van der Waals surface area contributed by atoms with Gasteiger partial charge >= 0.3 is 0 Å². The Morgan fingerprint density at radius 2 is 0.454 bits per heavy atom. The van der Waals surface area contributed by atoms with Gasteiger partial charge in [0.2, 0.25) is 0 Å². The monoisotopic (exact) mass is 1800 g/mol.